The van der Waals surface area contributed by atoms with Crippen molar-refractivity contribution >= 4 is 9.84 Å². The molecule has 0 N–H and O–H groups in total. The fraction of sp³-hybridized carbons (Fsp3) is 0.316. The molecule has 0 saturated carbocycles. The monoisotopic (exact) mass is 327 g/mol. The molecule has 1 atom stereocenters. The lowest BCUT2D eigenvalue weighted by Crippen LogP contribution is -2.34. The van der Waals surface area contributed by atoms with Crippen LogP contribution < -0.4 is 0 Å². The number of sulfone groups is 1. The lowest BCUT2D eigenvalue weighted by atomic mass is 9.93. The van der Waals surface area contributed by atoms with Crippen molar-refractivity contribution in [1.29, 1.82) is 5.26 Å². The number of rotatable bonds is 6. The normalized spacial score (nSPS) is 14.0. The lowest BCUT2D eigenvalue weighted by Gasteiger charge is -2.27. The van der Waals surface area contributed by atoms with E-state index in [2.05, 4.69) is 6.07 Å². The average molecular weight is 327 g/mol. The number of aryl methyl sites for hydroxylation is 1. The van der Waals surface area contributed by atoms with Crippen molar-refractivity contribution in [2.75, 3.05) is 0 Å². The third kappa shape index (κ3) is 3.16. The molecule has 2 aromatic rings. The predicted molar refractivity (Wildman–Crippen MR) is 91.6 cm³/mol. The maximum Gasteiger partial charge on any atom is 0.201 e. The quantitative estimate of drug-likeness (QED) is 0.791. The summed E-state index contributed by atoms with van der Waals surface area (Å²) in [6.45, 7) is 3.90. The summed E-state index contributed by atoms with van der Waals surface area (Å²) >= 11 is 0. The van der Waals surface area contributed by atoms with Gasteiger partial charge in [-0.05, 0) is 31.0 Å². The zero-order valence-corrected chi connectivity index (χ0v) is 14.3. The Balaban J connectivity index is 2.70. The largest absolute Gasteiger partial charge is 0.222 e. The molecule has 23 heavy (non-hydrogen) atoms. The highest BCUT2D eigenvalue weighted by atomic mass is 32.2. The molecule has 0 aliphatic heterocycles. The Hall–Kier alpha value is -2.12. The van der Waals surface area contributed by atoms with Crippen molar-refractivity contribution in [2.24, 2.45) is 0 Å². The van der Waals surface area contributed by atoms with Crippen molar-refractivity contribution in [3.05, 3.63) is 65.7 Å². The van der Waals surface area contributed by atoms with Crippen LogP contribution in [0.4, 0.5) is 0 Å². The van der Waals surface area contributed by atoms with Gasteiger partial charge in [-0.2, -0.15) is 5.26 Å². The zero-order chi connectivity index (χ0) is 16.9. The van der Waals surface area contributed by atoms with E-state index in [9.17, 15) is 13.7 Å². The molecular weight excluding hydrogens is 306 g/mol. The van der Waals surface area contributed by atoms with Gasteiger partial charge < -0.3 is 0 Å². The minimum atomic E-state index is -3.82. The van der Waals surface area contributed by atoms with E-state index in [1.807, 2.05) is 26.0 Å². The zero-order valence-electron chi connectivity index (χ0n) is 13.5. The Labute approximate surface area is 138 Å². The second kappa shape index (κ2) is 6.97. The molecule has 0 heterocycles. The smallest absolute Gasteiger partial charge is 0.201 e. The third-order valence-electron chi connectivity index (χ3n) is 4.06. The van der Waals surface area contributed by atoms with Gasteiger partial charge in [-0.3, -0.25) is 0 Å². The number of benzene rings is 2. The second-order valence-electron chi connectivity index (χ2n) is 5.73. The summed E-state index contributed by atoms with van der Waals surface area (Å²) in [5.41, 5.74) is 1.50. The summed E-state index contributed by atoms with van der Waals surface area (Å²) in [4.78, 5) is 0.194. The number of unbranched alkanes of at least 4 members (excludes halogenated alkanes) is 1. The highest BCUT2D eigenvalue weighted by Gasteiger charge is 2.46. The van der Waals surface area contributed by atoms with E-state index < -0.39 is 14.6 Å². The highest BCUT2D eigenvalue weighted by Crippen LogP contribution is 2.39. The van der Waals surface area contributed by atoms with E-state index in [1.165, 1.54) is 0 Å². The SMILES string of the molecule is CCCCC(C#N)(c1cccc(C)c1)S(=O)(=O)c1ccccc1. The minimum Gasteiger partial charge on any atom is -0.222 e. The van der Waals surface area contributed by atoms with Gasteiger partial charge in [0.2, 0.25) is 9.84 Å². The van der Waals surface area contributed by atoms with Crippen LogP contribution >= 0.6 is 0 Å². The molecule has 0 saturated heterocycles. The van der Waals surface area contributed by atoms with E-state index in [1.54, 1.807) is 42.5 Å². The molecule has 0 amide bonds. The van der Waals surface area contributed by atoms with Crippen LogP contribution in [-0.4, -0.2) is 8.42 Å². The van der Waals surface area contributed by atoms with E-state index in [0.717, 1.165) is 12.0 Å². The number of hydrogen-bond acceptors (Lipinski definition) is 3. The molecule has 2 aromatic carbocycles. The maximum atomic E-state index is 13.3. The first-order valence-corrected chi connectivity index (χ1v) is 9.24. The lowest BCUT2D eigenvalue weighted by molar-refractivity contribution is 0.534. The van der Waals surface area contributed by atoms with Gasteiger partial charge in [0.25, 0.3) is 0 Å². The summed E-state index contributed by atoms with van der Waals surface area (Å²) < 4.78 is 25.0. The first-order valence-electron chi connectivity index (χ1n) is 7.76. The molecular formula is C19H21NO2S. The molecule has 0 fully saturated rings. The topological polar surface area (TPSA) is 57.9 Å². The van der Waals surface area contributed by atoms with Crippen LogP contribution in [-0.2, 0) is 14.6 Å². The fourth-order valence-corrected chi connectivity index (χ4v) is 4.63. The molecule has 3 nitrogen and oxygen atoms in total. The standard InChI is InChI=1S/C19H21NO2S/c1-3-4-13-19(15-20,17-10-8-9-16(2)14-17)23(21,22)18-11-6-5-7-12-18/h5-12,14H,3-4,13H2,1-2H3. The summed E-state index contributed by atoms with van der Waals surface area (Å²) in [5.74, 6) is 0. The van der Waals surface area contributed by atoms with E-state index in [4.69, 9.17) is 0 Å². The maximum absolute atomic E-state index is 13.3. The number of nitrogens with zero attached hydrogens (tertiary/aromatic N) is 1. The van der Waals surface area contributed by atoms with Gasteiger partial charge in [0.1, 0.15) is 0 Å². The fourth-order valence-electron chi connectivity index (χ4n) is 2.74. The highest BCUT2D eigenvalue weighted by molar-refractivity contribution is 7.92. The summed E-state index contributed by atoms with van der Waals surface area (Å²) in [5, 5.41) is 9.92. The molecule has 120 valence electrons. The number of nitriles is 1. The van der Waals surface area contributed by atoms with E-state index in [-0.39, 0.29) is 4.90 Å². The van der Waals surface area contributed by atoms with Crippen molar-refractivity contribution in [1.82, 2.24) is 0 Å². The van der Waals surface area contributed by atoms with Gasteiger partial charge in [0.05, 0.1) is 11.0 Å². The number of hydrogen-bond donors (Lipinski definition) is 0. The molecule has 0 aromatic heterocycles. The van der Waals surface area contributed by atoms with Crippen LogP contribution in [0.1, 0.15) is 37.3 Å². The molecule has 0 radical (unpaired) electrons. The molecule has 2 rings (SSSR count). The summed E-state index contributed by atoms with van der Waals surface area (Å²) in [6.07, 6.45) is 1.80. The summed E-state index contributed by atoms with van der Waals surface area (Å²) in [7, 11) is -3.82. The summed E-state index contributed by atoms with van der Waals surface area (Å²) in [6, 6.07) is 17.7. The van der Waals surface area contributed by atoms with Crippen LogP contribution in [0.15, 0.2) is 59.5 Å². The Morgan fingerprint density at radius 3 is 2.35 bits per heavy atom. The van der Waals surface area contributed by atoms with Crippen molar-refractivity contribution in [2.45, 2.75) is 42.8 Å². The van der Waals surface area contributed by atoms with Crippen LogP contribution in [0.25, 0.3) is 0 Å². The predicted octanol–water partition coefficient (Wildman–Crippen LogP) is 4.38. The molecule has 0 aliphatic rings. The van der Waals surface area contributed by atoms with Gasteiger partial charge in [0, 0.05) is 0 Å². The van der Waals surface area contributed by atoms with Gasteiger partial charge in [-0.1, -0.05) is 67.8 Å². The van der Waals surface area contributed by atoms with E-state index >= 15 is 0 Å². The van der Waals surface area contributed by atoms with Crippen molar-refractivity contribution in [3.8, 4) is 6.07 Å². The van der Waals surface area contributed by atoms with Gasteiger partial charge in [0.15, 0.2) is 4.75 Å². The van der Waals surface area contributed by atoms with Crippen LogP contribution in [0.5, 0.6) is 0 Å². The van der Waals surface area contributed by atoms with Crippen LogP contribution in [0.3, 0.4) is 0 Å². The molecule has 0 bridgehead atoms. The molecule has 0 aliphatic carbocycles. The third-order valence-corrected chi connectivity index (χ3v) is 6.40. The van der Waals surface area contributed by atoms with Gasteiger partial charge >= 0.3 is 0 Å². The Morgan fingerprint density at radius 1 is 1.09 bits per heavy atom. The minimum absolute atomic E-state index is 0.194. The van der Waals surface area contributed by atoms with Crippen LogP contribution in [0, 0.1) is 18.3 Å². The van der Waals surface area contributed by atoms with Crippen molar-refractivity contribution < 1.29 is 8.42 Å². The van der Waals surface area contributed by atoms with Crippen LogP contribution in [0.2, 0.25) is 0 Å². The average Bonchev–Trinajstić information content (AvgIpc) is 2.56. The van der Waals surface area contributed by atoms with Gasteiger partial charge in [-0.15, -0.1) is 0 Å². The van der Waals surface area contributed by atoms with E-state index in [0.29, 0.717) is 18.4 Å². The second-order valence-corrected chi connectivity index (χ2v) is 7.90. The first-order chi connectivity index (χ1) is 11.0. The van der Waals surface area contributed by atoms with Crippen molar-refractivity contribution in [3.63, 3.8) is 0 Å². The Morgan fingerprint density at radius 2 is 1.78 bits per heavy atom. The first kappa shape index (κ1) is 17.2. The molecule has 0 spiro atoms. The van der Waals surface area contributed by atoms with Gasteiger partial charge in [-0.25, -0.2) is 8.42 Å². The Kier molecular flexibility index (Phi) is 5.23. The molecule has 1 unspecified atom stereocenters. The Bertz CT molecular complexity index is 807. The molecule has 4 heteroatoms.